The Morgan fingerprint density at radius 1 is 1.03 bits per heavy atom. The van der Waals surface area contributed by atoms with Crippen molar-refractivity contribution in [2.75, 3.05) is 7.11 Å². The lowest BCUT2D eigenvalue weighted by Gasteiger charge is -2.14. The maximum atomic E-state index is 12.5. The molecule has 0 aliphatic carbocycles. The monoisotopic (exact) mass is 483 g/mol. The molecule has 4 aromatic rings. The number of hydrogen-bond donors (Lipinski definition) is 0. The molecule has 1 aromatic heterocycles. The molecule has 36 heavy (non-hydrogen) atoms. The van der Waals surface area contributed by atoms with Gasteiger partial charge in [-0.25, -0.2) is 0 Å². The number of carbonyl (C=O) groups is 1. The number of methoxy groups -OCH3 is 1. The zero-order chi connectivity index (χ0) is 25.5. The molecule has 0 atom stereocenters. The number of aromatic nitrogens is 2. The lowest BCUT2D eigenvalue weighted by molar-refractivity contribution is -0.385. The van der Waals surface area contributed by atoms with Crippen LogP contribution < -0.4 is 9.47 Å². The molecule has 8 heteroatoms. The molecule has 3 aromatic carbocycles. The molecule has 0 saturated heterocycles. The first-order chi connectivity index (χ1) is 17.4. The van der Waals surface area contributed by atoms with E-state index in [9.17, 15) is 14.9 Å². The van der Waals surface area contributed by atoms with Gasteiger partial charge in [0.05, 0.1) is 12.0 Å². The summed E-state index contributed by atoms with van der Waals surface area (Å²) < 4.78 is 12.9. The Balaban J connectivity index is 1.51. The molecule has 0 N–H and O–H groups in total. The lowest BCUT2D eigenvalue weighted by Crippen LogP contribution is -2.02. The van der Waals surface area contributed by atoms with E-state index in [1.54, 1.807) is 25.3 Å². The SMILES string of the molecule is COc1ccc(/C=C/C(=O)c2nn(C)cc2[N+](=O)[O-])cc1COc1ccccc1Cc1ccccc1. The van der Waals surface area contributed by atoms with Gasteiger partial charge in [-0.05, 0) is 41.0 Å². The van der Waals surface area contributed by atoms with Crippen LogP contribution in [-0.4, -0.2) is 27.6 Å². The zero-order valence-electron chi connectivity index (χ0n) is 20.0. The van der Waals surface area contributed by atoms with E-state index in [1.165, 1.54) is 29.6 Å². The minimum absolute atomic E-state index is 0.203. The van der Waals surface area contributed by atoms with Crippen molar-refractivity contribution in [3.8, 4) is 11.5 Å². The van der Waals surface area contributed by atoms with Gasteiger partial charge in [-0.3, -0.25) is 19.6 Å². The van der Waals surface area contributed by atoms with Crippen LogP contribution >= 0.6 is 0 Å². The van der Waals surface area contributed by atoms with Crippen LogP contribution in [0.1, 0.15) is 32.7 Å². The number of nitrogens with zero attached hydrogens (tertiary/aromatic N) is 3. The van der Waals surface area contributed by atoms with Crippen LogP contribution in [0.15, 0.2) is 85.1 Å². The topological polar surface area (TPSA) is 96.5 Å². The lowest BCUT2D eigenvalue weighted by atomic mass is 10.0. The molecule has 0 aliphatic rings. The Morgan fingerprint density at radius 2 is 1.78 bits per heavy atom. The normalized spacial score (nSPS) is 10.9. The number of para-hydroxylation sites is 1. The molecular formula is C28H25N3O5. The predicted molar refractivity (Wildman–Crippen MR) is 136 cm³/mol. The van der Waals surface area contributed by atoms with Crippen LogP contribution in [0.4, 0.5) is 5.69 Å². The molecule has 0 saturated carbocycles. The number of ether oxygens (including phenoxy) is 2. The van der Waals surface area contributed by atoms with Gasteiger partial charge >= 0.3 is 5.69 Å². The van der Waals surface area contributed by atoms with Crippen molar-refractivity contribution < 1.29 is 19.2 Å². The first-order valence-electron chi connectivity index (χ1n) is 11.3. The molecule has 0 bridgehead atoms. The largest absolute Gasteiger partial charge is 0.496 e. The fourth-order valence-electron chi connectivity index (χ4n) is 3.81. The average Bonchev–Trinajstić information content (AvgIpc) is 3.29. The van der Waals surface area contributed by atoms with Gasteiger partial charge in [-0.1, -0.05) is 60.7 Å². The van der Waals surface area contributed by atoms with Gasteiger partial charge < -0.3 is 9.47 Å². The first-order valence-corrected chi connectivity index (χ1v) is 11.3. The highest BCUT2D eigenvalue weighted by atomic mass is 16.6. The molecule has 8 nitrogen and oxygen atoms in total. The number of benzene rings is 3. The van der Waals surface area contributed by atoms with E-state index in [0.29, 0.717) is 5.75 Å². The third-order valence-electron chi connectivity index (χ3n) is 5.56. The van der Waals surface area contributed by atoms with E-state index in [0.717, 1.165) is 28.9 Å². The van der Waals surface area contributed by atoms with Crippen LogP contribution in [-0.2, 0) is 20.1 Å². The summed E-state index contributed by atoms with van der Waals surface area (Å²) in [4.78, 5) is 23.1. The predicted octanol–water partition coefficient (Wildman–Crippen LogP) is 5.40. The molecule has 1 heterocycles. The van der Waals surface area contributed by atoms with Crippen LogP contribution in [0.3, 0.4) is 0 Å². The number of nitro groups is 1. The number of allylic oxidation sites excluding steroid dienone is 1. The van der Waals surface area contributed by atoms with Crippen LogP contribution in [0, 0.1) is 10.1 Å². The molecule has 0 amide bonds. The summed E-state index contributed by atoms with van der Waals surface area (Å²) in [5, 5.41) is 15.1. The Hall–Kier alpha value is -4.72. The van der Waals surface area contributed by atoms with Crippen LogP contribution in [0.2, 0.25) is 0 Å². The highest BCUT2D eigenvalue weighted by Gasteiger charge is 2.23. The van der Waals surface area contributed by atoms with Crippen molar-refractivity contribution in [2.45, 2.75) is 13.0 Å². The van der Waals surface area contributed by atoms with E-state index in [4.69, 9.17) is 9.47 Å². The van der Waals surface area contributed by atoms with Crippen molar-refractivity contribution in [3.05, 3.63) is 123 Å². The number of rotatable bonds is 10. The smallest absolute Gasteiger partial charge is 0.318 e. The fourth-order valence-corrected chi connectivity index (χ4v) is 3.81. The second-order valence-electron chi connectivity index (χ2n) is 8.12. The molecule has 0 aliphatic heterocycles. The molecule has 0 spiro atoms. The number of hydrogen-bond acceptors (Lipinski definition) is 6. The fraction of sp³-hybridized carbons (Fsp3) is 0.143. The number of aryl methyl sites for hydroxylation is 1. The van der Waals surface area contributed by atoms with Gasteiger partial charge in [-0.15, -0.1) is 0 Å². The maximum Gasteiger partial charge on any atom is 0.318 e. The Bertz CT molecular complexity index is 1410. The maximum absolute atomic E-state index is 12.5. The summed E-state index contributed by atoms with van der Waals surface area (Å²) in [5.74, 6) is 0.882. The van der Waals surface area contributed by atoms with Gasteiger partial charge in [0, 0.05) is 19.0 Å². The molecule has 0 fully saturated rings. The van der Waals surface area contributed by atoms with Gasteiger partial charge in [-0.2, -0.15) is 5.10 Å². The van der Waals surface area contributed by atoms with E-state index >= 15 is 0 Å². The van der Waals surface area contributed by atoms with Crippen molar-refractivity contribution in [1.29, 1.82) is 0 Å². The molecule has 0 radical (unpaired) electrons. The van der Waals surface area contributed by atoms with E-state index in [1.807, 2.05) is 48.5 Å². The Labute approximate surface area is 208 Å². The summed E-state index contributed by atoms with van der Waals surface area (Å²) in [6, 6.07) is 23.5. The van der Waals surface area contributed by atoms with Crippen molar-refractivity contribution >= 4 is 17.5 Å². The number of ketones is 1. The number of carbonyl (C=O) groups excluding carboxylic acids is 1. The minimum Gasteiger partial charge on any atom is -0.496 e. The van der Waals surface area contributed by atoms with Gasteiger partial charge in [0.2, 0.25) is 11.5 Å². The second-order valence-corrected chi connectivity index (χ2v) is 8.12. The first kappa shape index (κ1) is 24.4. The summed E-state index contributed by atoms with van der Waals surface area (Å²) in [5.41, 5.74) is 3.25. The summed E-state index contributed by atoms with van der Waals surface area (Å²) in [6.07, 6.45) is 4.82. The third kappa shape index (κ3) is 5.85. The van der Waals surface area contributed by atoms with Gasteiger partial charge in [0.25, 0.3) is 0 Å². The highest BCUT2D eigenvalue weighted by molar-refractivity contribution is 6.08. The van der Waals surface area contributed by atoms with Crippen molar-refractivity contribution in [2.24, 2.45) is 7.05 Å². The Kier molecular flexibility index (Phi) is 7.55. The standard InChI is InChI=1S/C28H25N3O5/c1-30-18-24(31(33)34)28(29-30)25(32)14-12-21-13-15-26(35-2)23(17-21)19-36-27-11-7-6-10-22(27)16-20-8-4-3-5-9-20/h3-15,17-18H,16,19H2,1-2H3/b14-12+. The molecule has 4 rings (SSSR count). The quantitative estimate of drug-likeness (QED) is 0.130. The Morgan fingerprint density at radius 3 is 2.53 bits per heavy atom. The second kappa shape index (κ2) is 11.1. The minimum atomic E-state index is -0.619. The van der Waals surface area contributed by atoms with Gasteiger partial charge in [0.15, 0.2) is 0 Å². The summed E-state index contributed by atoms with van der Waals surface area (Å²) in [7, 11) is 3.11. The third-order valence-corrected chi connectivity index (χ3v) is 5.56. The van der Waals surface area contributed by atoms with Crippen LogP contribution in [0.25, 0.3) is 6.08 Å². The van der Waals surface area contributed by atoms with Crippen molar-refractivity contribution in [3.63, 3.8) is 0 Å². The summed E-state index contributed by atoms with van der Waals surface area (Å²) >= 11 is 0. The van der Waals surface area contributed by atoms with E-state index in [-0.39, 0.29) is 18.0 Å². The van der Waals surface area contributed by atoms with Crippen LogP contribution in [0.5, 0.6) is 11.5 Å². The molecule has 0 unspecified atom stereocenters. The van der Waals surface area contributed by atoms with E-state index < -0.39 is 10.7 Å². The summed E-state index contributed by atoms with van der Waals surface area (Å²) in [6.45, 7) is 0.260. The highest BCUT2D eigenvalue weighted by Crippen LogP contribution is 2.26. The van der Waals surface area contributed by atoms with Gasteiger partial charge in [0.1, 0.15) is 24.3 Å². The average molecular weight is 484 g/mol. The van der Waals surface area contributed by atoms with E-state index in [2.05, 4.69) is 17.2 Å². The molecule has 182 valence electrons. The molecular weight excluding hydrogens is 458 g/mol. The van der Waals surface area contributed by atoms with Crippen molar-refractivity contribution in [1.82, 2.24) is 9.78 Å². The zero-order valence-corrected chi connectivity index (χ0v) is 20.0.